The van der Waals surface area contributed by atoms with Crippen LogP contribution in [0.3, 0.4) is 0 Å². The third kappa shape index (κ3) is 5.94. The minimum atomic E-state index is -4.21. The number of aromatic nitrogens is 2. The fourth-order valence-electron chi connectivity index (χ4n) is 2.39. The number of alkyl halides is 3. The van der Waals surface area contributed by atoms with E-state index >= 15 is 0 Å². The lowest BCUT2D eigenvalue weighted by molar-refractivity contribution is -0.134. The zero-order chi connectivity index (χ0) is 17.1. The minimum absolute atomic E-state index is 0.00543. The molecule has 0 aromatic carbocycles. The Bertz CT molecular complexity index is 628. The summed E-state index contributed by atoms with van der Waals surface area (Å²) in [5.41, 5.74) is 0.327. The number of aryl methyl sites for hydroxylation is 1. The molecular weight excluding hydrogens is 333 g/mol. The predicted octanol–water partition coefficient (Wildman–Crippen LogP) is 1.81. The maximum atomic E-state index is 12.2. The van der Waals surface area contributed by atoms with Gasteiger partial charge in [0.1, 0.15) is 0 Å². The first kappa shape index (κ1) is 17.9. The van der Waals surface area contributed by atoms with Gasteiger partial charge in [0.05, 0.1) is 6.26 Å². The van der Waals surface area contributed by atoms with Crippen LogP contribution >= 0.6 is 0 Å². The van der Waals surface area contributed by atoms with Crippen molar-refractivity contribution in [1.29, 1.82) is 0 Å². The van der Waals surface area contributed by atoms with E-state index in [1.165, 1.54) is 22.8 Å². The number of halogens is 3. The van der Waals surface area contributed by atoms with Crippen LogP contribution < -0.4 is 5.32 Å². The van der Waals surface area contributed by atoms with Gasteiger partial charge in [-0.25, -0.2) is 22.7 Å². The van der Waals surface area contributed by atoms with Gasteiger partial charge in [-0.1, -0.05) is 0 Å². The van der Waals surface area contributed by atoms with Crippen molar-refractivity contribution < 1.29 is 21.6 Å². The van der Waals surface area contributed by atoms with Crippen molar-refractivity contribution >= 4 is 16.0 Å². The van der Waals surface area contributed by atoms with Crippen molar-refractivity contribution in [3.8, 4) is 0 Å². The quantitative estimate of drug-likeness (QED) is 0.875. The normalized spacial score (nSPS) is 18.1. The summed E-state index contributed by atoms with van der Waals surface area (Å²) in [6.45, 7) is 0.814. The molecule has 1 N–H and O–H groups in total. The van der Waals surface area contributed by atoms with Gasteiger partial charge in [-0.2, -0.15) is 13.2 Å². The zero-order valence-electron chi connectivity index (χ0n) is 12.7. The summed E-state index contributed by atoms with van der Waals surface area (Å²) in [4.78, 5) is 8.09. The Morgan fingerprint density at radius 2 is 2.00 bits per heavy atom. The molecule has 1 saturated heterocycles. The Balaban J connectivity index is 1.89. The number of anilines is 1. The molecule has 0 atom stereocenters. The van der Waals surface area contributed by atoms with Crippen LogP contribution in [0.25, 0.3) is 0 Å². The van der Waals surface area contributed by atoms with Gasteiger partial charge in [-0.15, -0.1) is 0 Å². The zero-order valence-corrected chi connectivity index (χ0v) is 13.5. The summed E-state index contributed by atoms with van der Waals surface area (Å²) in [6.07, 6.45) is -1.52. The molecule has 0 saturated carbocycles. The Hall–Kier alpha value is -1.42. The third-order valence-corrected chi connectivity index (χ3v) is 4.94. The molecule has 2 rings (SSSR count). The molecule has 6 nitrogen and oxygen atoms in total. The van der Waals surface area contributed by atoms with Crippen molar-refractivity contribution in [1.82, 2.24) is 14.3 Å². The number of hydrogen-bond acceptors (Lipinski definition) is 5. The van der Waals surface area contributed by atoms with Crippen molar-refractivity contribution in [2.45, 2.75) is 37.9 Å². The first-order chi connectivity index (χ1) is 10.6. The number of rotatable bonds is 5. The maximum Gasteiger partial charge on any atom is 0.389 e. The Morgan fingerprint density at radius 1 is 1.35 bits per heavy atom. The summed E-state index contributed by atoms with van der Waals surface area (Å²) >= 11 is 0. The summed E-state index contributed by atoms with van der Waals surface area (Å²) in [7, 11) is -3.18. The predicted molar refractivity (Wildman–Crippen MR) is 79.5 cm³/mol. The van der Waals surface area contributed by atoms with E-state index in [2.05, 4.69) is 15.3 Å². The Morgan fingerprint density at radius 3 is 2.57 bits per heavy atom. The molecule has 1 aliphatic heterocycles. The molecule has 2 heterocycles. The molecular formula is C13H19F3N4O2S. The first-order valence-corrected chi connectivity index (χ1v) is 9.09. The van der Waals surface area contributed by atoms with Gasteiger partial charge in [-0.3, -0.25) is 0 Å². The van der Waals surface area contributed by atoms with Gasteiger partial charge in [0, 0.05) is 37.4 Å². The van der Waals surface area contributed by atoms with E-state index in [0.717, 1.165) is 0 Å². The topological polar surface area (TPSA) is 75.2 Å². The second-order valence-electron chi connectivity index (χ2n) is 5.57. The van der Waals surface area contributed by atoms with E-state index in [9.17, 15) is 21.6 Å². The first-order valence-electron chi connectivity index (χ1n) is 7.24. The number of sulfonamides is 1. The van der Waals surface area contributed by atoms with Crippen LogP contribution in [0.15, 0.2) is 12.3 Å². The largest absolute Gasteiger partial charge is 0.389 e. The van der Waals surface area contributed by atoms with Crippen molar-refractivity contribution in [2.75, 3.05) is 24.7 Å². The second kappa shape index (κ2) is 7.00. The van der Waals surface area contributed by atoms with Crippen molar-refractivity contribution in [3.63, 3.8) is 0 Å². The number of nitrogens with one attached hydrogen (secondary N) is 1. The van der Waals surface area contributed by atoms with Crippen LogP contribution in [0, 0.1) is 0 Å². The molecule has 0 unspecified atom stereocenters. The van der Waals surface area contributed by atoms with Crippen LogP contribution in [0.5, 0.6) is 0 Å². The van der Waals surface area contributed by atoms with Gasteiger partial charge >= 0.3 is 6.18 Å². The SMILES string of the molecule is CS(=O)(=O)N1CCC(Nc2nccc(CCC(F)(F)F)n2)CC1. The average molecular weight is 352 g/mol. The number of nitrogens with zero attached hydrogens (tertiary/aromatic N) is 3. The summed E-state index contributed by atoms with van der Waals surface area (Å²) in [6, 6.07) is 1.47. The molecule has 1 fully saturated rings. The lowest BCUT2D eigenvalue weighted by Gasteiger charge is -2.30. The van der Waals surface area contributed by atoms with Crippen molar-refractivity contribution in [3.05, 3.63) is 18.0 Å². The average Bonchev–Trinajstić information content (AvgIpc) is 2.44. The molecule has 1 aromatic heterocycles. The Kier molecular flexibility index (Phi) is 5.45. The summed E-state index contributed by atoms with van der Waals surface area (Å²) < 4.78 is 61.0. The number of hydrogen-bond donors (Lipinski definition) is 1. The molecule has 0 radical (unpaired) electrons. The Labute approximate surface area is 133 Å². The summed E-state index contributed by atoms with van der Waals surface area (Å²) in [5, 5.41) is 3.07. The van der Waals surface area contributed by atoms with Crippen molar-refractivity contribution in [2.24, 2.45) is 0 Å². The molecule has 10 heteroatoms. The van der Waals surface area contributed by atoms with Gasteiger partial charge < -0.3 is 5.32 Å². The highest BCUT2D eigenvalue weighted by Gasteiger charge is 2.27. The fraction of sp³-hybridized carbons (Fsp3) is 0.692. The van der Waals surface area contributed by atoms with E-state index in [4.69, 9.17) is 0 Å². The van der Waals surface area contributed by atoms with E-state index in [0.29, 0.717) is 31.6 Å². The highest BCUT2D eigenvalue weighted by Crippen LogP contribution is 2.22. The molecule has 1 aliphatic rings. The minimum Gasteiger partial charge on any atom is -0.351 e. The monoisotopic (exact) mass is 352 g/mol. The van der Waals surface area contributed by atoms with Crippen LogP contribution in [0.2, 0.25) is 0 Å². The van der Waals surface area contributed by atoms with E-state index in [-0.39, 0.29) is 18.4 Å². The molecule has 130 valence electrons. The van der Waals surface area contributed by atoms with Gasteiger partial charge in [-0.05, 0) is 25.3 Å². The maximum absolute atomic E-state index is 12.2. The molecule has 0 bridgehead atoms. The van der Waals surface area contributed by atoms with E-state index in [1.54, 1.807) is 0 Å². The molecule has 0 amide bonds. The third-order valence-electron chi connectivity index (χ3n) is 3.63. The van der Waals surface area contributed by atoms with Crippen LogP contribution in [0.4, 0.5) is 19.1 Å². The lowest BCUT2D eigenvalue weighted by atomic mass is 10.1. The van der Waals surface area contributed by atoms with Crippen LogP contribution in [-0.2, 0) is 16.4 Å². The van der Waals surface area contributed by atoms with Crippen LogP contribution in [-0.4, -0.2) is 54.3 Å². The molecule has 23 heavy (non-hydrogen) atoms. The lowest BCUT2D eigenvalue weighted by Crippen LogP contribution is -2.42. The number of piperidine rings is 1. The second-order valence-corrected chi connectivity index (χ2v) is 7.55. The molecule has 1 aromatic rings. The van der Waals surface area contributed by atoms with Gasteiger partial charge in [0.15, 0.2) is 0 Å². The highest BCUT2D eigenvalue weighted by molar-refractivity contribution is 7.88. The van der Waals surface area contributed by atoms with Gasteiger partial charge in [0.2, 0.25) is 16.0 Å². The van der Waals surface area contributed by atoms with E-state index in [1.807, 2.05) is 0 Å². The molecule has 0 aliphatic carbocycles. The smallest absolute Gasteiger partial charge is 0.351 e. The fourth-order valence-corrected chi connectivity index (χ4v) is 3.26. The standard InChI is InChI=1S/C13H19F3N4O2S/c1-23(21,22)20-8-4-11(5-9-20)19-12-17-7-3-10(18-12)2-6-13(14,15)16/h3,7,11H,2,4-6,8-9H2,1H3,(H,17,18,19). The van der Waals surface area contributed by atoms with E-state index < -0.39 is 22.6 Å². The molecule has 0 spiro atoms. The summed E-state index contributed by atoms with van der Waals surface area (Å²) in [5.74, 6) is 0.280. The highest BCUT2D eigenvalue weighted by atomic mass is 32.2. The van der Waals surface area contributed by atoms with Crippen LogP contribution in [0.1, 0.15) is 25.0 Å². The van der Waals surface area contributed by atoms with Gasteiger partial charge in [0.25, 0.3) is 0 Å².